The summed E-state index contributed by atoms with van der Waals surface area (Å²) in [4.78, 5) is 25.0. The Bertz CT molecular complexity index is 469. The van der Waals surface area contributed by atoms with Crippen molar-refractivity contribution in [3.63, 3.8) is 0 Å². The molecule has 0 bridgehead atoms. The molecule has 19 heavy (non-hydrogen) atoms. The molecule has 4 nitrogen and oxygen atoms in total. The first kappa shape index (κ1) is 12.2. The summed E-state index contributed by atoms with van der Waals surface area (Å²) in [5, 5.41) is 0. The van der Waals surface area contributed by atoms with Crippen molar-refractivity contribution < 1.29 is 14.3 Å². The number of Topliss-reactive ketones (excluding diaryl/α,β-unsaturated/α-hetero) is 1. The van der Waals surface area contributed by atoms with E-state index in [9.17, 15) is 9.59 Å². The van der Waals surface area contributed by atoms with E-state index >= 15 is 0 Å². The molecule has 0 radical (unpaired) electrons. The van der Waals surface area contributed by atoms with Crippen LogP contribution in [0.5, 0.6) is 0 Å². The van der Waals surface area contributed by atoms with E-state index in [1.54, 1.807) is 4.90 Å². The SMILES string of the molecule is O=C1CC2CN(C(=O)OCc3ccccc3)CC2C1. The van der Waals surface area contributed by atoms with Gasteiger partial charge in [0.2, 0.25) is 0 Å². The maximum Gasteiger partial charge on any atom is 0.410 e. The summed E-state index contributed by atoms with van der Waals surface area (Å²) in [5.41, 5.74) is 0.991. The molecule has 2 atom stereocenters. The number of benzene rings is 1. The largest absolute Gasteiger partial charge is 0.445 e. The normalized spacial score (nSPS) is 25.5. The van der Waals surface area contributed by atoms with Gasteiger partial charge in [-0.05, 0) is 17.4 Å². The number of fused-ring (bicyclic) bond motifs is 1. The van der Waals surface area contributed by atoms with Crippen LogP contribution in [0.1, 0.15) is 18.4 Å². The molecule has 1 aliphatic carbocycles. The van der Waals surface area contributed by atoms with Gasteiger partial charge in [-0.2, -0.15) is 0 Å². The van der Waals surface area contributed by atoms with E-state index in [4.69, 9.17) is 4.74 Å². The molecule has 0 spiro atoms. The molecule has 1 aliphatic heterocycles. The fourth-order valence-electron chi connectivity index (χ4n) is 3.03. The summed E-state index contributed by atoms with van der Waals surface area (Å²) in [7, 11) is 0. The molecule has 1 amide bonds. The predicted octanol–water partition coefficient (Wildman–Crippen LogP) is 2.23. The third-order valence-corrected chi connectivity index (χ3v) is 4.02. The second-order valence-corrected chi connectivity index (χ2v) is 5.41. The smallest absolute Gasteiger partial charge is 0.410 e. The second kappa shape index (κ2) is 5.03. The Morgan fingerprint density at radius 2 is 1.79 bits per heavy atom. The van der Waals surface area contributed by atoms with E-state index in [2.05, 4.69) is 0 Å². The van der Waals surface area contributed by atoms with Crippen molar-refractivity contribution in [1.82, 2.24) is 4.90 Å². The topological polar surface area (TPSA) is 46.6 Å². The van der Waals surface area contributed by atoms with Crippen LogP contribution in [0.2, 0.25) is 0 Å². The zero-order valence-corrected chi connectivity index (χ0v) is 10.7. The molecule has 4 heteroatoms. The molecule has 1 heterocycles. The van der Waals surface area contributed by atoms with Gasteiger partial charge in [-0.25, -0.2) is 4.79 Å². The number of ether oxygens (including phenoxy) is 1. The zero-order chi connectivity index (χ0) is 13.2. The Labute approximate surface area is 112 Å². The quantitative estimate of drug-likeness (QED) is 0.818. The summed E-state index contributed by atoms with van der Waals surface area (Å²) >= 11 is 0. The standard InChI is InChI=1S/C15H17NO3/c17-14-6-12-8-16(9-13(12)7-14)15(18)19-10-11-4-2-1-3-5-11/h1-5,12-13H,6-10H2. The molecular weight excluding hydrogens is 242 g/mol. The first-order valence-corrected chi connectivity index (χ1v) is 6.69. The zero-order valence-electron chi connectivity index (χ0n) is 10.7. The van der Waals surface area contributed by atoms with E-state index in [1.807, 2.05) is 30.3 Å². The number of ketones is 1. The highest BCUT2D eigenvalue weighted by atomic mass is 16.6. The summed E-state index contributed by atoms with van der Waals surface area (Å²) in [6.07, 6.45) is 1.01. The highest BCUT2D eigenvalue weighted by molar-refractivity contribution is 5.82. The lowest BCUT2D eigenvalue weighted by molar-refractivity contribution is -0.118. The molecule has 0 N–H and O–H groups in total. The monoisotopic (exact) mass is 259 g/mol. The molecule has 1 aromatic carbocycles. The van der Waals surface area contributed by atoms with Gasteiger partial charge in [0.25, 0.3) is 0 Å². The number of nitrogens with zero attached hydrogens (tertiary/aromatic N) is 1. The number of rotatable bonds is 2. The summed E-state index contributed by atoms with van der Waals surface area (Å²) < 4.78 is 5.31. The third-order valence-electron chi connectivity index (χ3n) is 4.02. The molecule has 3 rings (SSSR count). The predicted molar refractivity (Wildman–Crippen MR) is 69.4 cm³/mol. The fourth-order valence-corrected chi connectivity index (χ4v) is 3.03. The van der Waals surface area contributed by atoms with Gasteiger partial charge in [0.15, 0.2) is 0 Å². The Morgan fingerprint density at radius 1 is 1.16 bits per heavy atom. The van der Waals surface area contributed by atoms with Crippen LogP contribution >= 0.6 is 0 Å². The van der Waals surface area contributed by atoms with Crippen LogP contribution in [0.4, 0.5) is 4.79 Å². The van der Waals surface area contributed by atoms with Crippen molar-refractivity contribution in [2.75, 3.05) is 13.1 Å². The Morgan fingerprint density at radius 3 is 2.42 bits per heavy atom. The average molecular weight is 259 g/mol. The fraction of sp³-hybridized carbons (Fsp3) is 0.467. The van der Waals surface area contributed by atoms with Crippen molar-refractivity contribution >= 4 is 11.9 Å². The van der Waals surface area contributed by atoms with Crippen molar-refractivity contribution in [1.29, 1.82) is 0 Å². The van der Waals surface area contributed by atoms with Crippen LogP contribution in [0, 0.1) is 11.8 Å². The minimum atomic E-state index is -0.259. The first-order valence-electron chi connectivity index (χ1n) is 6.69. The lowest BCUT2D eigenvalue weighted by atomic mass is 10.0. The highest BCUT2D eigenvalue weighted by Crippen LogP contribution is 2.35. The molecule has 100 valence electrons. The van der Waals surface area contributed by atoms with Crippen molar-refractivity contribution in [2.24, 2.45) is 11.8 Å². The van der Waals surface area contributed by atoms with Crippen molar-refractivity contribution in [2.45, 2.75) is 19.4 Å². The van der Waals surface area contributed by atoms with Crippen LogP contribution in [0.25, 0.3) is 0 Å². The first-order chi connectivity index (χ1) is 9.22. The second-order valence-electron chi connectivity index (χ2n) is 5.41. The summed E-state index contributed by atoms with van der Waals surface area (Å²) in [5.74, 6) is 1.06. The van der Waals surface area contributed by atoms with E-state index in [0.29, 0.717) is 50.2 Å². The van der Waals surface area contributed by atoms with E-state index < -0.39 is 0 Å². The molecule has 1 saturated heterocycles. The molecule has 1 aromatic rings. The van der Waals surface area contributed by atoms with Gasteiger partial charge in [-0.15, -0.1) is 0 Å². The molecule has 2 unspecified atom stereocenters. The molecule has 0 aromatic heterocycles. The van der Waals surface area contributed by atoms with Crippen molar-refractivity contribution in [3.05, 3.63) is 35.9 Å². The number of carbonyl (C=O) groups is 2. The number of amides is 1. The third kappa shape index (κ3) is 2.62. The number of likely N-dealkylation sites (tertiary alicyclic amines) is 1. The number of hydrogen-bond acceptors (Lipinski definition) is 3. The van der Waals surface area contributed by atoms with Gasteiger partial charge >= 0.3 is 6.09 Å². The van der Waals surface area contributed by atoms with Crippen LogP contribution in [0.15, 0.2) is 30.3 Å². The average Bonchev–Trinajstić information content (AvgIpc) is 2.94. The minimum absolute atomic E-state index is 0.259. The molecule has 1 saturated carbocycles. The van der Waals surface area contributed by atoms with Crippen LogP contribution in [-0.4, -0.2) is 29.9 Å². The molecular formula is C15H17NO3. The lowest BCUT2D eigenvalue weighted by Crippen LogP contribution is -2.30. The van der Waals surface area contributed by atoms with E-state index in [0.717, 1.165) is 5.56 Å². The maximum atomic E-state index is 12.0. The van der Waals surface area contributed by atoms with Gasteiger partial charge in [-0.1, -0.05) is 30.3 Å². The van der Waals surface area contributed by atoms with Crippen LogP contribution in [-0.2, 0) is 16.1 Å². The van der Waals surface area contributed by atoms with E-state index in [1.165, 1.54) is 0 Å². The Balaban J connectivity index is 1.51. The van der Waals surface area contributed by atoms with Gasteiger partial charge in [0, 0.05) is 25.9 Å². The van der Waals surface area contributed by atoms with Crippen LogP contribution in [0.3, 0.4) is 0 Å². The number of hydrogen-bond donors (Lipinski definition) is 0. The minimum Gasteiger partial charge on any atom is -0.445 e. The maximum absolute atomic E-state index is 12.0. The van der Waals surface area contributed by atoms with Crippen molar-refractivity contribution in [3.8, 4) is 0 Å². The molecule has 2 fully saturated rings. The van der Waals surface area contributed by atoms with Gasteiger partial charge < -0.3 is 9.64 Å². The van der Waals surface area contributed by atoms with Gasteiger partial charge in [-0.3, -0.25) is 4.79 Å². The van der Waals surface area contributed by atoms with Gasteiger partial charge in [0.05, 0.1) is 0 Å². The molecule has 2 aliphatic rings. The Kier molecular flexibility index (Phi) is 3.23. The summed E-state index contributed by atoms with van der Waals surface area (Å²) in [6, 6.07) is 9.66. The lowest BCUT2D eigenvalue weighted by Gasteiger charge is -2.16. The van der Waals surface area contributed by atoms with Gasteiger partial charge in [0.1, 0.15) is 12.4 Å². The Hall–Kier alpha value is -1.84. The van der Waals surface area contributed by atoms with E-state index in [-0.39, 0.29) is 6.09 Å². The highest BCUT2D eigenvalue weighted by Gasteiger charge is 2.42. The summed E-state index contributed by atoms with van der Waals surface area (Å²) in [6.45, 7) is 1.65. The van der Waals surface area contributed by atoms with Crippen LogP contribution < -0.4 is 0 Å². The number of carbonyl (C=O) groups excluding carboxylic acids is 2.